The van der Waals surface area contributed by atoms with Crippen molar-refractivity contribution in [3.05, 3.63) is 0 Å². The second-order valence-electron chi connectivity index (χ2n) is 2.64. The van der Waals surface area contributed by atoms with Gasteiger partial charge in [-0.2, -0.15) is 0 Å². The normalized spacial score (nSPS) is 9.46. The van der Waals surface area contributed by atoms with Crippen molar-refractivity contribution in [3.63, 3.8) is 0 Å². The Morgan fingerprint density at radius 3 is 2.08 bits per heavy atom. The molecule has 0 saturated carbocycles. The van der Waals surface area contributed by atoms with E-state index in [1.807, 2.05) is 13.8 Å². The Kier molecular flexibility index (Phi) is 5.93. The molecular formula is C9H17NO3. The maximum atomic E-state index is 11.3. The van der Waals surface area contributed by atoms with Crippen LogP contribution in [0.1, 0.15) is 26.7 Å². The van der Waals surface area contributed by atoms with Gasteiger partial charge in [0.05, 0.1) is 13.5 Å². The summed E-state index contributed by atoms with van der Waals surface area (Å²) < 4.78 is 4.44. The summed E-state index contributed by atoms with van der Waals surface area (Å²) in [5.74, 6) is -0.323. The molecule has 4 nitrogen and oxygen atoms in total. The molecule has 0 radical (unpaired) electrons. The van der Waals surface area contributed by atoms with Gasteiger partial charge in [0.25, 0.3) is 0 Å². The highest BCUT2D eigenvalue weighted by Gasteiger charge is 2.11. The molecule has 0 heterocycles. The van der Waals surface area contributed by atoms with E-state index in [0.717, 1.165) is 0 Å². The van der Waals surface area contributed by atoms with Crippen LogP contribution in [0.5, 0.6) is 0 Å². The standard InChI is InChI=1S/C9H17NO3/c1-4-10(5-2)8(11)6-7-9(12)13-3/h4-7H2,1-3H3. The van der Waals surface area contributed by atoms with Gasteiger partial charge in [-0.05, 0) is 13.8 Å². The van der Waals surface area contributed by atoms with Gasteiger partial charge < -0.3 is 9.64 Å². The lowest BCUT2D eigenvalue weighted by Crippen LogP contribution is -2.30. The van der Waals surface area contributed by atoms with Gasteiger partial charge in [-0.15, -0.1) is 0 Å². The third-order valence-electron chi connectivity index (χ3n) is 1.89. The fourth-order valence-corrected chi connectivity index (χ4v) is 1.05. The molecule has 0 atom stereocenters. The summed E-state index contributed by atoms with van der Waals surface area (Å²) >= 11 is 0. The van der Waals surface area contributed by atoms with Crippen LogP contribution in [-0.2, 0) is 14.3 Å². The summed E-state index contributed by atoms with van der Waals surface area (Å²) in [4.78, 5) is 23.8. The van der Waals surface area contributed by atoms with Crippen molar-refractivity contribution >= 4 is 11.9 Å². The maximum absolute atomic E-state index is 11.3. The summed E-state index contributed by atoms with van der Waals surface area (Å²) in [5.41, 5.74) is 0. The van der Waals surface area contributed by atoms with Gasteiger partial charge in [0.1, 0.15) is 0 Å². The highest BCUT2D eigenvalue weighted by Crippen LogP contribution is 1.98. The lowest BCUT2D eigenvalue weighted by atomic mass is 10.3. The molecule has 0 aromatic heterocycles. The molecule has 0 spiro atoms. The minimum Gasteiger partial charge on any atom is -0.469 e. The summed E-state index contributed by atoms with van der Waals surface area (Å²) in [7, 11) is 1.32. The van der Waals surface area contributed by atoms with Crippen molar-refractivity contribution in [2.75, 3.05) is 20.2 Å². The van der Waals surface area contributed by atoms with Gasteiger partial charge in [0.2, 0.25) is 5.91 Å². The molecule has 0 aromatic carbocycles. The molecule has 0 unspecified atom stereocenters. The Morgan fingerprint density at radius 1 is 1.15 bits per heavy atom. The molecule has 0 aliphatic carbocycles. The summed E-state index contributed by atoms with van der Waals surface area (Å²) in [6.45, 7) is 5.21. The molecule has 13 heavy (non-hydrogen) atoms. The maximum Gasteiger partial charge on any atom is 0.306 e. The SMILES string of the molecule is CCN(CC)C(=O)CCC(=O)OC. The summed E-state index contributed by atoms with van der Waals surface area (Å²) in [5, 5.41) is 0. The first-order chi connectivity index (χ1) is 6.15. The Hall–Kier alpha value is -1.06. The number of hydrogen-bond acceptors (Lipinski definition) is 3. The second kappa shape index (κ2) is 6.46. The van der Waals surface area contributed by atoms with E-state index in [1.165, 1.54) is 7.11 Å². The molecule has 0 bridgehead atoms. The molecule has 0 rings (SSSR count). The average molecular weight is 187 g/mol. The van der Waals surface area contributed by atoms with Crippen LogP contribution in [0.25, 0.3) is 0 Å². The molecule has 76 valence electrons. The Bertz CT molecular complexity index is 176. The van der Waals surface area contributed by atoms with Crippen LogP contribution in [0.15, 0.2) is 0 Å². The number of methoxy groups -OCH3 is 1. The van der Waals surface area contributed by atoms with E-state index in [1.54, 1.807) is 4.90 Å². The zero-order chi connectivity index (χ0) is 10.3. The average Bonchev–Trinajstić information content (AvgIpc) is 2.16. The predicted octanol–water partition coefficient (Wildman–Crippen LogP) is 0.808. The van der Waals surface area contributed by atoms with Gasteiger partial charge in [0, 0.05) is 19.5 Å². The van der Waals surface area contributed by atoms with E-state index in [9.17, 15) is 9.59 Å². The van der Waals surface area contributed by atoms with Gasteiger partial charge in [-0.3, -0.25) is 9.59 Å². The number of esters is 1. The highest BCUT2D eigenvalue weighted by atomic mass is 16.5. The molecule has 4 heteroatoms. The highest BCUT2D eigenvalue weighted by molar-refractivity contribution is 5.81. The molecule has 0 aliphatic heterocycles. The van der Waals surface area contributed by atoms with Gasteiger partial charge >= 0.3 is 5.97 Å². The minimum absolute atomic E-state index is 0.00963. The van der Waals surface area contributed by atoms with Crippen molar-refractivity contribution < 1.29 is 14.3 Å². The van der Waals surface area contributed by atoms with Gasteiger partial charge in [-0.25, -0.2) is 0 Å². The van der Waals surface area contributed by atoms with Crippen LogP contribution < -0.4 is 0 Å². The van der Waals surface area contributed by atoms with E-state index in [-0.39, 0.29) is 24.7 Å². The quantitative estimate of drug-likeness (QED) is 0.598. The zero-order valence-corrected chi connectivity index (χ0v) is 8.50. The second-order valence-corrected chi connectivity index (χ2v) is 2.64. The number of carbonyl (C=O) groups excluding carboxylic acids is 2. The van der Waals surface area contributed by atoms with E-state index < -0.39 is 0 Å². The largest absolute Gasteiger partial charge is 0.469 e. The van der Waals surface area contributed by atoms with Crippen LogP contribution in [-0.4, -0.2) is 37.0 Å². The van der Waals surface area contributed by atoms with Crippen LogP contribution in [0.2, 0.25) is 0 Å². The lowest BCUT2D eigenvalue weighted by Gasteiger charge is -2.17. The number of rotatable bonds is 5. The van der Waals surface area contributed by atoms with Crippen LogP contribution >= 0.6 is 0 Å². The number of amides is 1. The number of hydrogen-bond donors (Lipinski definition) is 0. The van der Waals surface area contributed by atoms with E-state index >= 15 is 0 Å². The smallest absolute Gasteiger partial charge is 0.306 e. The monoisotopic (exact) mass is 187 g/mol. The Morgan fingerprint density at radius 2 is 1.69 bits per heavy atom. The molecular weight excluding hydrogens is 170 g/mol. The van der Waals surface area contributed by atoms with E-state index in [4.69, 9.17) is 0 Å². The first-order valence-corrected chi connectivity index (χ1v) is 4.50. The molecule has 0 saturated heterocycles. The fraction of sp³-hybridized carbons (Fsp3) is 0.778. The Labute approximate surface area is 78.9 Å². The van der Waals surface area contributed by atoms with Crippen molar-refractivity contribution in [2.24, 2.45) is 0 Å². The topological polar surface area (TPSA) is 46.6 Å². The van der Waals surface area contributed by atoms with Crippen LogP contribution in [0, 0.1) is 0 Å². The zero-order valence-electron chi connectivity index (χ0n) is 8.50. The van der Waals surface area contributed by atoms with Gasteiger partial charge in [-0.1, -0.05) is 0 Å². The molecule has 0 fully saturated rings. The predicted molar refractivity (Wildman–Crippen MR) is 49.2 cm³/mol. The Balaban J connectivity index is 3.79. The lowest BCUT2D eigenvalue weighted by molar-refractivity contribution is -0.143. The van der Waals surface area contributed by atoms with Crippen molar-refractivity contribution in [3.8, 4) is 0 Å². The van der Waals surface area contributed by atoms with Gasteiger partial charge in [0.15, 0.2) is 0 Å². The summed E-state index contributed by atoms with van der Waals surface area (Å²) in [6.07, 6.45) is 0.417. The summed E-state index contributed by atoms with van der Waals surface area (Å²) in [6, 6.07) is 0. The number of nitrogens with zero attached hydrogens (tertiary/aromatic N) is 1. The molecule has 0 aliphatic rings. The van der Waals surface area contributed by atoms with Crippen molar-refractivity contribution in [2.45, 2.75) is 26.7 Å². The van der Waals surface area contributed by atoms with Crippen molar-refractivity contribution in [1.29, 1.82) is 0 Å². The first-order valence-electron chi connectivity index (χ1n) is 4.50. The number of carbonyl (C=O) groups is 2. The molecule has 1 amide bonds. The number of ether oxygens (including phenoxy) is 1. The third kappa shape index (κ3) is 4.50. The van der Waals surface area contributed by atoms with E-state index in [2.05, 4.69) is 4.74 Å². The van der Waals surface area contributed by atoms with E-state index in [0.29, 0.717) is 13.1 Å². The molecule has 0 N–H and O–H groups in total. The molecule has 0 aromatic rings. The minimum atomic E-state index is -0.333. The van der Waals surface area contributed by atoms with Crippen LogP contribution in [0.4, 0.5) is 0 Å². The fourth-order valence-electron chi connectivity index (χ4n) is 1.05. The van der Waals surface area contributed by atoms with Crippen molar-refractivity contribution in [1.82, 2.24) is 4.90 Å². The third-order valence-corrected chi connectivity index (χ3v) is 1.89. The van der Waals surface area contributed by atoms with Crippen LogP contribution in [0.3, 0.4) is 0 Å². The first kappa shape index (κ1) is 11.9.